The molecule has 0 aliphatic carbocycles. The summed E-state index contributed by atoms with van der Waals surface area (Å²) < 4.78 is 17.1. The second-order valence-electron chi connectivity index (χ2n) is 5.11. The van der Waals surface area contributed by atoms with E-state index in [0.29, 0.717) is 18.9 Å². The van der Waals surface area contributed by atoms with Crippen LogP contribution in [0.2, 0.25) is 0 Å². The van der Waals surface area contributed by atoms with Gasteiger partial charge in [-0.2, -0.15) is 0 Å². The average Bonchev–Trinajstić information content (AvgIpc) is 2.35. The number of para-hydroxylation sites is 2. The van der Waals surface area contributed by atoms with E-state index in [1.807, 2.05) is 24.3 Å². The molecule has 19 heavy (non-hydrogen) atoms. The molecule has 1 aliphatic rings. The summed E-state index contributed by atoms with van der Waals surface area (Å²) >= 11 is 0. The maximum atomic E-state index is 5.84. The Hall–Kier alpha value is -1.26. The first-order valence-corrected chi connectivity index (χ1v) is 6.89. The van der Waals surface area contributed by atoms with Crippen molar-refractivity contribution in [3.63, 3.8) is 0 Å². The highest BCUT2D eigenvalue weighted by Crippen LogP contribution is 2.22. The molecule has 2 N–H and O–H groups in total. The van der Waals surface area contributed by atoms with Crippen molar-refractivity contribution in [2.45, 2.75) is 45.0 Å². The van der Waals surface area contributed by atoms with Crippen LogP contribution in [0.25, 0.3) is 0 Å². The summed E-state index contributed by atoms with van der Waals surface area (Å²) in [5.74, 6) is 0.722. The Kier molecular flexibility index (Phi) is 5.05. The van der Waals surface area contributed by atoms with Crippen LogP contribution in [-0.2, 0) is 9.47 Å². The lowest BCUT2D eigenvalue weighted by molar-refractivity contribution is -0.104. The molecule has 0 aromatic heterocycles. The predicted molar refractivity (Wildman–Crippen MR) is 75.3 cm³/mol. The standard InChI is InChI=1S/C15H23NO3/c1-11-9-13(10-12(2)19-11)17-7-8-18-15-6-4-3-5-14(15)16/h3-6,11-13H,7-10,16H2,1-2H3. The molecule has 4 heteroatoms. The zero-order chi connectivity index (χ0) is 13.7. The highest BCUT2D eigenvalue weighted by Gasteiger charge is 2.24. The van der Waals surface area contributed by atoms with Gasteiger partial charge in [-0.3, -0.25) is 0 Å². The smallest absolute Gasteiger partial charge is 0.142 e. The molecule has 4 nitrogen and oxygen atoms in total. The van der Waals surface area contributed by atoms with Crippen molar-refractivity contribution in [3.05, 3.63) is 24.3 Å². The third-order valence-corrected chi connectivity index (χ3v) is 3.27. The third-order valence-electron chi connectivity index (χ3n) is 3.27. The van der Waals surface area contributed by atoms with E-state index in [1.165, 1.54) is 0 Å². The van der Waals surface area contributed by atoms with E-state index < -0.39 is 0 Å². The van der Waals surface area contributed by atoms with Gasteiger partial charge in [0.1, 0.15) is 12.4 Å². The normalized spacial score (nSPS) is 27.2. The zero-order valence-electron chi connectivity index (χ0n) is 11.7. The topological polar surface area (TPSA) is 53.7 Å². The fourth-order valence-electron chi connectivity index (χ4n) is 2.46. The molecular weight excluding hydrogens is 242 g/mol. The molecule has 2 rings (SSSR count). The molecule has 1 aliphatic heterocycles. The molecule has 0 saturated carbocycles. The molecule has 0 bridgehead atoms. The first kappa shape index (κ1) is 14.2. The van der Waals surface area contributed by atoms with E-state index >= 15 is 0 Å². The summed E-state index contributed by atoms with van der Waals surface area (Å²) in [6, 6.07) is 7.50. The van der Waals surface area contributed by atoms with Crippen molar-refractivity contribution >= 4 is 5.69 Å². The average molecular weight is 265 g/mol. The Balaban J connectivity index is 1.68. The van der Waals surface area contributed by atoms with E-state index in [2.05, 4.69) is 13.8 Å². The fourth-order valence-corrected chi connectivity index (χ4v) is 2.46. The van der Waals surface area contributed by atoms with Crippen LogP contribution in [-0.4, -0.2) is 31.5 Å². The first-order chi connectivity index (χ1) is 9.15. The van der Waals surface area contributed by atoms with Gasteiger partial charge in [-0.05, 0) is 38.8 Å². The van der Waals surface area contributed by atoms with Crippen molar-refractivity contribution in [1.29, 1.82) is 0 Å². The molecule has 0 radical (unpaired) electrons. The summed E-state index contributed by atoms with van der Waals surface area (Å²) in [6.45, 7) is 5.28. The van der Waals surface area contributed by atoms with E-state index in [-0.39, 0.29) is 18.3 Å². The quantitative estimate of drug-likeness (QED) is 0.657. The summed E-state index contributed by atoms with van der Waals surface area (Å²) in [4.78, 5) is 0. The Morgan fingerprint density at radius 2 is 1.84 bits per heavy atom. The predicted octanol–water partition coefficient (Wildman–Crippen LogP) is 2.62. The maximum Gasteiger partial charge on any atom is 0.142 e. The van der Waals surface area contributed by atoms with Crippen molar-refractivity contribution in [2.75, 3.05) is 18.9 Å². The minimum atomic E-state index is 0.274. The van der Waals surface area contributed by atoms with Crippen molar-refractivity contribution in [2.24, 2.45) is 0 Å². The molecular formula is C15H23NO3. The molecule has 1 saturated heterocycles. The van der Waals surface area contributed by atoms with E-state index in [9.17, 15) is 0 Å². The van der Waals surface area contributed by atoms with Crippen LogP contribution in [0.1, 0.15) is 26.7 Å². The third kappa shape index (κ3) is 4.40. The number of benzene rings is 1. The summed E-state index contributed by atoms with van der Waals surface area (Å²) in [7, 11) is 0. The second-order valence-corrected chi connectivity index (χ2v) is 5.11. The molecule has 1 aromatic carbocycles. The van der Waals surface area contributed by atoms with Gasteiger partial charge in [0.25, 0.3) is 0 Å². The van der Waals surface area contributed by atoms with Crippen molar-refractivity contribution in [1.82, 2.24) is 0 Å². The van der Waals surface area contributed by atoms with Crippen LogP contribution in [0.15, 0.2) is 24.3 Å². The van der Waals surface area contributed by atoms with Crippen LogP contribution in [0.5, 0.6) is 5.75 Å². The maximum absolute atomic E-state index is 5.84. The molecule has 2 unspecified atom stereocenters. The van der Waals surface area contributed by atoms with Gasteiger partial charge in [0, 0.05) is 0 Å². The number of rotatable bonds is 5. The first-order valence-electron chi connectivity index (χ1n) is 6.89. The van der Waals surface area contributed by atoms with Gasteiger partial charge in [0.05, 0.1) is 30.6 Å². The van der Waals surface area contributed by atoms with Crippen LogP contribution in [0, 0.1) is 0 Å². The lowest BCUT2D eigenvalue weighted by atomic mass is 10.0. The van der Waals surface area contributed by atoms with Gasteiger partial charge in [0.2, 0.25) is 0 Å². The minimum Gasteiger partial charge on any atom is -0.489 e. The van der Waals surface area contributed by atoms with Crippen LogP contribution < -0.4 is 10.5 Å². The summed E-state index contributed by atoms with van der Waals surface area (Å²) in [6.07, 6.45) is 2.74. The van der Waals surface area contributed by atoms with Gasteiger partial charge in [-0.15, -0.1) is 0 Å². The Morgan fingerprint density at radius 1 is 1.16 bits per heavy atom. The molecule has 0 spiro atoms. The molecule has 2 atom stereocenters. The summed E-state index contributed by atoms with van der Waals surface area (Å²) in [5.41, 5.74) is 6.46. The molecule has 0 amide bonds. The van der Waals surface area contributed by atoms with Gasteiger partial charge < -0.3 is 19.9 Å². The number of hydrogen-bond acceptors (Lipinski definition) is 4. The van der Waals surface area contributed by atoms with Crippen LogP contribution in [0.4, 0.5) is 5.69 Å². The zero-order valence-corrected chi connectivity index (χ0v) is 11.7. The van der Waals surface area contributed by atoms with Crippen LogP contribution in [0.3, 0.4) is 0 Å². The van der Waals surface area contributed by atoms with Crippen molar-refractivity contribution in [3.8, 4) is 5.75 Å². The largest absolute Gasteiger partial charge is 0.489 e. The van der Waals surface area contributed by atoms with Gasteiger partial charge in [-0.1, -0.05) is 12.1 Å². The number of hydrogen-bond donors (Lipinski definition) is 1. The number of anilines is 1. The summed E-state index contributed by atoms with van der Waals surface area (Å²) in [5, 5.41) is 0. The highest BCUT2D eigenvalue weighted by atomic mass is 16.5. The number of nitrogen functional groups attached to an aromatic ring is 1. The molecule has 1 fully saturated rings. The lowest BCUT2D eigenvalue weighted by Crippen LogP contribution is -2.34. The Bertz CT molecular complexity index is 387. The monoisotopic (exact) mass is 265 g/mol. The molecule has 106 valence electrons. The number of ether oxygens (including phenoxy) is 3. The van der Waals surface area contributed by atoms with E-state index in [4.69, 9.17) is 19.9 Å². The van der Waals surface area contributed by atoms with Gasteiger partial charge >= 0.3 is 0 Å². The minimum absolute atomic E-state index is 0.274. The van der Waals surface area contributed by atoms with Crippen LogP contribution >= 0.6 is 0 Å². The molecule has 1 heterocycles. The Labute approximate surface area is 114 Å². The van der Waals surface area contributed by atoms with E-state index in [0.717, 1.165) is 18.6 Å². The molecule has 1 aromatic rings. The Morgan fingerprint density at radius 3 is 2.53 bits per heavy atom. The number of nitrogens with two attached hydrogens (primary N) is 1. The van der Waals surface area contributed by atoms with Gasteiger partial charge in [-0.25, -0.2) is 0 Å². The fraction of sp³-hybridized carbons (Fsp3) is 0.600. The van der Waals surface area contributed by atoms with Crippen molar-refractivity contribution < 1.29 is 14.2 Å². The second kappa shape index (κ2) is 6.78. The SMILES string of the molecule is CC1CC(OCCOc2ccccc2N)CC(C)O1. The van der Waals surface area contributed by atoms with E-state index in [1.54, 1.807) is 0 Å². The van der Waals surface area contributed by atoms with Gasteiger partial charge in [0.15, 0.2) is 0 Å². The lowest BCUT2D eigenvalue weighted by Gasteiger charge is -2.31. The highest BCUT2D eigenvalue weighted by molar-refractivity contribution is 5.51.